The molecule has 1 saturated carbocycles. The van der Waals surface area contributed by atoms with E-state index < -0.39 is 0 Å². The standard InChI is InChI=1S/C16H21N3O2/c17-8-1-2-9-21-15-5-3-4-14(11-15)19-16(20)12-6-7-13(18)10-12/h3-5,11-13H,1-2,6-7,9-10,18H2,(H,19,20). The van der Waals surface area contributed by atoms with Gasteiger partial charge in [-0.25, -0.2) is 0 Å². The van der Waals surface area contributed by atoms with Crippen molar-refractivity contribution in [1.82, 2.24) is 0 Å². The normalized spacial score (nSPS) is 20.8. The summed E-state index contributed by atoms with van der Waals surface area (Å²) >= 11 is 0. The summed E-state index contributed by atoms with van der Waals surface area (Å²) in [6.07, 6.45) is 3.72. The molecule has 2 rings (SSSR count). The van der Waals surface area contributed by atoms with Crippen molar-refractivity contribution in [2.45, 2.75) is 38.1 Å². The fourth-order valence-corrected chi connectivity index (χ4v) is 2.50. The fourth-order valence-electron chi connectivity index (χ4n) is 2.50. The number of carbonyl (C=O) groups excluding carboxylic acids is 1. The quantitative estimate of drug-likeness (QED) is 0.786. The molecule has 1 aromatic rings. The van der Waals surface area contributed by atoms with Crippen molar-refractivity contribution < 1.29 is 9.53 Å². The Kier molecular flexibility index (Phi) is 5.59. The first kappa shape index (κ1) is 15.3. The molecule has 1 fully saturated rings. The van der Waals surface area contributed by atoms with Crippen LogP contribution in [0.25, 0.3) is 0 Å². The molecule has 21 heavy (non-hydrogen) atoms. The molecule has 1 aliphatic carbocycles. The topological polar surface area (TPSA) is 88.1 Å². The van der Waals surface area contributed by atoms with E-state index in [1.807, 2.05) is 18.2 Å². The lowest BCUT2D eigenvalue weighted by atomic mass is 10.1. The van der Waals surface area contributed by atoms with Gasteiger partial charge in [0.05, 0.1) is 12.7 Å². The summed E-state index contributed by atoms with van der Waals surface area (Å²) in [6, 6.07) is 9.56. The predicted octanol–water partition coefficient (Wildman–Crippen LogP) is 2.44. The number of benzene rings is 1. The first-order valence-corrected chi connectivity index (χ1v) is 7.35. The van der Waals surface area contributed by atoms with Crippen molar-refractivity contribution in [3.63, 3.8) is 0 Å². The molecule has 0 aliphatic heterocycles. The van der Waals surface area contributed by atoms with E-state index in [-0.39, 0.29) is 17.9 Å². The summed E-state index contributed by atoms with van der Waals surface area (Å²) in [5, 5.41) is 11.4. The number of anilines is 1. The molecule has 112 valence electrons. The van der Waals surface area contributed by atoms with E-state index in [0.29, 0.717) is 25.2 Å². The van der Waals surface area contributed by atoms with Crippen molar-refractivity contribution in [2.75, 3.05) is 11.9 Å². The third-order valence-corrected chi connectivity index (χ3v) is 3.65. The average molecular weight is 287 g/mol. The summed E-state index contributed by atoms with van der Waals surface area (Å²) < 4.78 is 5.55. The zero-order valence-corrected chi connectivity index (χ0v) is 12.0. The van der Waals surface area contributed by atoms with Crippen LogP contribution >= 0.6 is 0 Å². The largest absolute Gasteiger partial charge is 0.493 e. The minimum Gasteiger partial charge on any atom is -0.493 e. The molecule has 2 atom stereocenters. The van der Waals surface area contributed by atoms with Crippen LogP contribution in [0.4, 0.5) is 5.69 Å². The number of nitriles is 1. The van der Waals surface area contributed by atoms with E-state index in [1.54, 1.807) is 6.07 Å². The van der Waals surface area contributed by atoms with Crippen molar-refractivity contribution in [1.29, 1.82) is 5.26 Å². The summed E-state index contributed by atoms with van der Waals surface area (Å²) in [6.45, 7) is 0.502. The first-order chi connectivity index (χ1) is 10.2. The zero-order chi connectivity index (χ0) is 15.1. The molecule has 3 N–H and O–H groups in total. The van der Waals surface area contributed by atoms with Gasteiger partial charge in [0.2, 0.25) is 5.91 Å². The van der Waals surface area contributed by atoms with E-state index in [1.165, 1.54) is 0 Å². The highest BCUT2D eigenvalue weighted by molar-refractivity contribution is 5.92. The number of ether oxygens (including phenoxy) is 1. The molecule has 0 bridgehead atoms. The molecule has 0 heterocycles. The second kappa shape index (κ2) is 7.65. The van der Waals surface area contributed by atoms with Gasteiger partial charge in [0.25, 0.3) is 0 Å². The maximum atomic E-state index is 12.1. The van der Waals surface area contributed by atoms with Gasteiger partial charge in [-0.2, -0.15) is 5.26 Å². The van der Waals surface area contributed by atoms with E-state index >= 15 is 0 Å². The molecule has 0 saturated heterocycles. The maximum absolute atomic E-state index is 12.1. The second-order valence-electron chi connectivity index (χ2n) is 5.40. The number of carbonyl (C=O) groups is 1. The maximum Gasteiger partial charge on any atom is 0.227 e. The lowest BCUT2D eigenvalue weighted by Gasteiger charge is -2.12. The van der Waals surface area contributed by atoms with Crippen molar-refractivity contribution >= 4 is 11.6 Å². The smallest absolute Gasteiger partial charge is 0.227 e. The van der Waals surface area contributed by atoms with Crippen LogP contribution in [0.5, 0.6) is 5.75 Å². The van der Waals surface area contributed by atoms with E-state index in [9.17, 15) is 4.79 Å². The summed E-state index contributed by atoms with van der Waals surface area (Å²) in [7, 11) is 0. The van der Waals surface area contributed by atoms with Crippen LogP contribution in [-0.2, 0) is 4.79 Å². The van der Waals surface area contributed by atoms with E-state index in [0.717, 1.165) is 24.9 Å². The Morgan fingerprint density at radius 2 is 2.33 bits per heavy atom. The lowest BCUT2D eigenvalue weighted by molar-refractivity contribution is -0.119. The SMILES string of the molecule is N#CCCCOc1cccc(NC(=O)C2CCC(N)C2)c1. The number of nitrogens with two attached hydrogens (primary N) is 1. The van der Waals surface area contributed by atoms with Crippen LogP contribution in [0.3, 0.4) is 0 Å². The van der Waals surface area contributed by atoms with Gasteiger partial charge in [-0.3, -0.25) is 4.79 Å². The number of rotatable bonds is 6. The van der Waals surface area contributed by atoms with Gasteiger partial charge in [-0.05, 0) is 37.8 Å². The second-order valence-corrected chi connectivity index (χ2v) is 5.40. The molecule has 0 aromatic heterocycles. The van der Waals surface area contributed by atoms with Crippen LogP contribution in [-0.4, -0.2) is 18.6 Å². The van der Waals surface area contributed by atoms with Gasteiger partial charge in [0.1, 0.15) is 5.75 Å². The number of hydrogen-bond donors (Lipinski definition) is 2. The lowest BCUT2D eigenvalue weighted by Crippen LogP contribution is -2.23. The summed E-state index contributed by atoms with van der Waals surface area (Å²) in [5.41, 5.74) is 6.57. The van der Waals surface area contributed by atoms with Crippen LogP contribution in [0.2, 0.25) is 0 Å². The molecule has 1 amide bonds. The molecule has 1 aromatic carbocycles. The van der Waals surface area contributed by atoms with Crippen LogP contribution in [0.1, 0.15) is 32.1 Å². The van der Waals surface area contributed by atoms with Gasteiger partial charge < -0.3 is 15.8 Å². The Hall–Kier alpha value is -2.06. The highest BCUT2D eigenvalue weighted by Crippen LogP contribution is 2.26. The number of nitrogens with one attached hydrogen (secondary N) is 1. The number of nitrogens with zero attached hydrogens (tertiary/aromatic N) is 1. The van der Waals surface area contributed by atoms with E-state index in [2.05, 4.69) is 11.4 Å². The summed E-state index contributed by atoms with van der Waals surface area (Å²) in [4.78, 5) is 12.1. The average Bonchev–Trinajstić information content (AvgIpc) is 2.91. The first-order valence-electron chi connectivity index (χ1n) is 7.35. The van der Waals surface area contributed by atoms with Crippen molar-refractivity contribution in [3.05, 3.63) is 24.3 Å². The van der Waals surface area contributed by atoms with Gasteiger partial charge in [0, 0.05) is 30.1 Å². The monoisotopic (exact) mass is 287 g/mol. The van der Waals surface area contributed by atoms with Gasteiger partial charge in [-0.15, -0.1) is 0 Å². The molecular weight excluding hydrogens is 266 g/mol. The Labute approximate surface area is 125 Å². The fraction of sp³-hybridized carbons (Fsp3) is 0.500. The molecule has 5 nitrogen and oxygen atoms in total. The van der Waals surface area contributed by atoms with Crippen molar-refractivity contribution in [3.8, 4) is 11.8 Å². The molecule has 0 radical (unpaired) electrons. The molecule has 2 unspecified atom stereocenters. The van der Waals surface area contributed by atoms with Gasteiger partial charge in [0.15, 0.2) is 0 Å². The minimum absolute atomic E-state index is 0.0141. The van der Waals surface area contributed by atoms with E-state index in [4.69, 9.17) is 15.7 Å². The number of hydrogen-bond acceptors (Lipinski definition) is 4. The molecule has 1 aliphatic rings. The minimum atomic E-state index is 0.0141. The highest BCUT2D eigenvalue weighted by Gasteiger charge is 2.27. The number of amides is 1. The molecule has 5 heteroatoms. The van der Waals surface area contributed by atoms with Gasteiger partial charge in [-0.1, -0.05) is 6.07 Å². The zero-order valence-electron chi connectivity index (χ0n) is 12.0. The molecule has 0 spiro atoms. The van der Waals surface area contributed by atoms with Crippen LogP contribution in [0.15, 0.2) is 24.3 Å². The third-order valence-electron chi connectivity index (χ3n) is 3.65. The van der Waals surface area contributed by atoms with Crippen molar-refractivity contribution in [2.24, 2.45) is 11.7 Å². The summed E-state index contributed by atoms with van der Waals surface area (Å²) in [5.74, 6) is 0.749. The number of unbranched alkanes of at least 4 members (excludes halogenated alkanes) is 1. The Bertz CT molecular complexity index is 524. The Balaban J connectivity index is 1.85. The Morgan fingerprint density at radius 3 is 3.05 bits per heavy atom. The van der Waals surface area contributed by atoms with Gasteiger partial charge >= 0.3 is 0 Å². The van der Waals surface area contributed by atoms with Crippen LogP contribution < -0.4 is 15.8 Å². The Morgan fingerprint density at radius 1 is 1.48 bits per heavy atom. The predicted molar refractivity (Wildman–Crippen MR) is 80.7 cm³/mol. The highest BCUT2D eigenvalue weighted by atomic mass is 16.5. The third kappa shape index (κ3) is 4.76. The van der Waals surface area contributed by atoms with Crippen LogP contribution in [0, 0.1) is 17.2 Å². The molecular formula is C16H21N3O2.